The summed E-state index contributed by atoms with van der Waals surface area (Å²) in [4.78, 5) is 12.9. The van der Waals surface area contributed by atoms with Gasteiger partial charge in [-0.15, -0.1) is 0 Å². The monoisotopic (exact) mass is 262 g/mol. The van der Waals surface area contributed by atoms with Crippen LogP contribution >= 0.6 is 0 Å². The minimum absolute atomic E-state index is 0.159. The molecule has 2 atom stereocenters. The van der Waals surface area contributed by atoms with Gasteiger partial charge in [0.2, 0.25) is 0 Å². The molecule has 0 saturated heterocycles. The molecule has 0 radical (unpaired) electrons. The zero-order valence-electron chi connectivity index (χ0n) is 15.1. The highest BCUT2D eigenvalue weighted by Crippen LogP contribution is 2.32. The molecule has 0 bridgehead atoms. The Balaban J connectivity index is 3.29. The molecule has 1 aromatic carbocycles. The molecule has 0 aliphatic carbocycles. The molecule has 0 amide bonds. The molecule has 0 aliphatic heterocycles. The van der Waals surface area contributed by atoms with E-state index in [-0.39, 0.29) is 11.2 Å². The highest BCUT2D eigenvalue weighted by Gasteiger charge is 2.32. The van der Waals surface area contributed by atoms with Crippen LogP contribution in [0, 0.1) is 16.7 Å². The van der Waals surface area contributed by atoms with Crippen molar-refractivity contribution in [1.29, 1.82) is 0 Å². The second kappa shape index (κ2) is 5.90. The van der Waals surface area contributed by atoms with Crippen LogP contribution in [0.25, 0.3) is 0 Å². The van der Waals surface area contributed by atoms with Crippen LogP contribution in [-0.2, 0) is 11.2 Å². The van der Waals surface area contributed by atoms with Crippen molar-refractivity contribution in [2.75, 3.05) is 0 Å². The maximum atomic E-state index is 12.9. The topological polar surface area (TPSA) is 17.1 Å². The number of carbonyl (C=O) groups excluding carboxylic acids is 1. The van der Waals surface area contributed by atoms with Crippen molar-refractivity contribution in [2.45, 2.75) is 54.4 Å². The molecule has 0 unspecified atom stereocenters. The summed E-state index contributed by atoms with van der Waals surface area (Å²) in [5.41, 5.74) is -0.0768. The summed E-state index contributed by atoms with van der Waals surface area (Å²) in [6, 6.07) is 9.27. The Labute approximate surface area is 121 Å². The van der Waals surface area contributed by atoms with Crippen LogP contribution in [0.5, 0.6) is 0 Å². The van der Waals surface area contributed by atoms with Gasteiger partial charge in [0.15, 0.2) is 0 Å². The van der Waals surface area contributed by atoms with E-state index in [0.717, 1.165) is 5.56 Å². The fraction of sp³-hybridized carbons (Fsp3) is 0.611. The third kappa shape index (κ3) is 5.59. The van der Waals surface area contributed by atoms with Gasteiger partial charge in [-0.1, -0.05) is 71.9 Å². The van der Waals surface area contributed by atoms with E-state index in [1.54, 1.807) is 0 Å². The second-order valence-corrected chi connectivity index (χ2v) is 7.40. The van der Waals surface area contributed by atoms with Crippen LogP contribution in [0.3, 0.4) is 0 Å². The predicted octanol–water partition coefficient (Wildman–Crippen LogP) is 4.90. The van der Waals surface area contributed by atoms with Crippen LogP contribution in [0.4, 0.5) is 0 Å². The first kappa shape index (κ1) is 12.9. The number of rotatable bonds is 4. The van der Waals surface area contributed by atoms with Gasteiger partial charge in [-0.2, -0.15) is 0 Å². The van der Waals surface area contributed by atoms with Gasteiger partial charge in [0.1, 0.15) is 5.78 Å². The summed E-state index contributed by atoms with van der Waals surface area (Å²) < 4.78 is 17.4. The van der Waals surface area contributed by atoms with Crippen molar-refractivity contribution in [2.24, 2.45) is 16.7 Å². The van der Waals surface area contributed by atoms with E-state index in [0.29, 0.717) is 6.42 Å². The Morgan fingerprint density at radius 2 is 1.68 bits per heavy atom. The smallest absolute Gasteiger partial charge is 0.141 e. The molecule has 0 N–H and O–H groups in total. The average Bonchev–Trinajstić information content (AvgIpc) is 2.34. The lowest BCUT2D eigenvalue weighted by molar-refractivity contribution is -0.131. The van der Waals surface area contributed by atoms with Gasteiger partial charge in [0, 0.05) is 14.1 Å². The molecule has 19 heavy (non-hydrogen) atoms. The quantitative estimate of drug-likeness (QED) is 0.754. The molecule has 0 saturated carbocycles. The van der Waals surface area contributed by atoms with Crippen LogP contribution in [-0.4, -0.2) is 5.78 Å². The molecule has 0 fully saturated rings. The Kier molecular flexibility index (Phi) is 4.00. The highest BCUT2D eigenvalue weighted by atomic mass is 16.1. The Morgan fingerprint density at radius 3 is 2.11 bits per heavy atom. The van der Waals surface area contributed by atoms with E-state index in [1.165, 1.54) is 0 Å². The van der Waals surface area contributed by atoms with Gasteiger partial charge >= 0.3 is 0 Å². The largest absolute Gasteiger partial charge is 0.299 e. The first-order chi connectivity index (χ1) is 9.38. The number of carbonyl (C=O) groups is 1. The molecule has 0 aliphatic rings. The fourth-order valence-corrected chi connectivity index (χ4v) is 2.00. The summed E-state index contributed by atoms with van der Waals surface area (Å²) in [6.45, 7) is 11.6. The first-order valence-corrected chi connectivity index (χ1v) is 6.90. The zero-order valence-corrected chi connectivity index (χ0v) is 13.1. The van der Waals surface area contributed by atoms with E-state index in [2.05, 4.69) is 0 Å². The number of benzene rings is 1. The average molecular weight is 262 g/mol. The minimum Gasteiger partial charge on any atom is -0.299 e. The summed E-state index contributed by atoms with van der Waals surface area (Å²) >= 11 is 0. The van der Waals surface area contributed by atoms with E-state index >= 15 is 0 Å². The summed E-state index contributed by atoms with van der Waals surface area (Å²) in [6.07, 6.45) is -0.497. The van der Waals surface area contributed by atoms with Crippen molar-refractivity contribution in [3.63, 3.8) is 0 Å². The van der Waals surface area contributed by atoms with Gasteiger partial charge < -0.3 is 0 Å². The molecular weight excluding hydrogens is 232 g/mol. The van der Waals surface area contributed by atoms with Crippen LogP contribution in [0.1, 0.15) is 56.3 Å². The number of hydrogen-bond donors (Lipinski definition) is 0. The van der Waals surface area contributed by atoms with Crippen molar-refractivity contribution >= 4 is 5.78 Å². The zero-order chi connectivity index (χ0) is 16.5. The lowest BCUT2D eigenvalue weighted by Crippen LogP contribution is -2.32. The lowest BCUT2D eigenvalue weighted by atomic mass is 9.73. The normalized spacial score (nSPS) is 19.1. The Hall–Kier alpha value is -1.11. The van der Waals surface area contributed by atoms with Crippen molar-refractivity contribution in [3.05, 3.63) is 35.9 Å². The van der Waals surface area contributed by atoms with Gasteiger partial charge in [-0.3, -0.25) is 4.79 Å². The Bertz CT molecular complexity index is 482. The molecule has 106 valence electrons. The van der Waals surface area contributed by atoms with Crippen molar-refractivity contribution < 1.29 is 7.54 Å². The van der Waals surface area contributed by atoms with Crippen LogP contribution < -0.4 is 0 Å². The maximum Gasteiger partial charge on any atom is 0.141 e. The Morgan fingerprint density at radius 1 is 1.16 bits per heavy atom. The summed E-state index contributed by atoms with van der Waals surface area (Å²) in [5.74, 6) is -1.59. The van der Waals surface area contributed by atoms with Crippen LogP contribution in [0.15, 0.2) is 30.3 Å². The maximum absolute atomic E-state index is 12.9. The second-order valence-electron chi connectivity index (χ2n) is 7.40. The molecule has 1 heteroatoms. The lowest BCUT2D eigenvalue weighted by Gasteiger charge is -2.30. The molecule has 0 heterocycles. The van der Waals surface area contributed by atoms with Crippen LogP contribution in [0.2, 0.25) is 0 Å². The molecule has 1 rings (SSSR count). The van der Waals surface area contributed by atoms with Gasteiger partial charge in [-0.05, 0) is 23.8 Å². The number of ketones is 1. The highest BCUT2D eigenvalue weighted by molar-refractivity contribution is 5.86. The molecular formula is C18H28O. The molecule has 0 spiro atoms. The third-order valence-electron chi connectivity index (χ3n) is 2.83. The van der Waals surface area contributed by atoms with Crippen molar-refractivity contribution in [1.82, 2.24) is 0 Å². The van der Waals surface area contributed by atoms with E-state index in [9.17, 15) is 4.79 Å². The van der Waals surface area contributed by atoms with E-state index in [1.807, 2.05) is 71.9 Å². The fourth-order valence-electron chi connectivity index (χ4n) is 2.00. The molecule has 1 nitrogen and oxygen atoms in total. The predicted molar refractivity (Wildman–Crippen MR) is 82.2 cm³/mol. The summed E-state index contributed by atoms with van der Waals surface area (Å²) in [5, 5.41) is 0. The number of Topliss-reactive ketones (excluding diaryl/α,β-unsaturated/α-hetero) is 1. The van der Waals surface area contributed by atoms with Crippen molar-refractivity contribution in [3.8, 4) is 0 Å². The summed E-state index contributed by atoms with van der Waals surface area (Å²) in [7, 11) is 0. The van der Waals surface area contributed by atoms with Gasteiger partial charge in [0.05, 0.1) is 0 Å². The third-order valence-corrected chi connectivity index (χ3v) is 2.83. The molecule has 1 aromatic rings. The number of hydrogen-bond acceptors (Lipinski definition) is 1. The van der Waals surface area contributed by atoms with Gasteiger partial charge in [-0.25, -0.2) is 0 Å². The standard InChI is InChI=1S/C18H28O/c1-17(2,3)13-15(16(19)18(4,5)6)12-14-10-8-7-9-11-14/h7-11,15H,12-13H2,1-6H3/t15-/m1/s1/i12D,15D/t12-,15-. The minimum atomic E-state index is -1.43. The van der Waals surface area contributed by atoms with E-state index in [4.69, 9.17) is 2.74 Å². The first-order valence-electron chi connectivity index (χ1n) is 7.98. The molecule has 0 aromatic heterocycles. The SMILES string of the molecule is [2H][C@H](c1ccccc1)[C@]([2H])(CC(C)(C)C)C(=O)C(C)(C)C. The van der Waals surface area contributed by atoms with E-state index < -0.39 is 17.7 Å². The van der Waals surface area contributed by atoms with Gasteiger partial charge in [0.25, 0.3) is 0 Å².